The second-order valence-corrected chi connectivity index (χ2v) is 6.13. The fourth-order valence-electron chi connectivity index (χ4n) is 1.24. The zero-order valence-corrected chi connectivity index (χ0v) is 11.7. The molecular weight excluding hydrogens is 327 g/mol. The van der Waals surface area contributed by atoms with Gasteiger partial charge >= 0.3 is 0 Å². The maximum atomic E-state index is 12.8. The number of hydrogen-bond donors (Lipinski definition) is 2. The first-order valence-electron chi connectivity index (χ1n) is 5.06. The summed E-state index contributed by atoms with van der Waals surface area (Å²) in [5, 5.41) is 0. The molecule has 0 atom stereocenters. The van der Waals surface area contributed by atoms with Crippen LogP contribution in [0.3, 0.4) is 0 Å². The molecule has 18 heavy (non-hydrogen) atoms. The lowest BCUT2D eigenvalue weighted by molar-refractivity contribution is -0.118. The molecule has 0 aliphatic heterocycles. The monoisotopic (exact) mass is 338 g/mol. The van der Waals surface area contributed by atoms with E-state index in [1.54, 1.807) is 0 Å². The Balaban J connectivity index is 2.71. The number of primary amides is 1. The highest BCUT2D eigenvalue weighted by Crippen LogP contribution is 2.22. The lowest BCUT2D eigenvalue weighted by atomic mass is 10.3. The van der Waals surface area contributed by atoms with Gasteiger partial charge in [0.15, 0.2) is 0 Å². The van der Waals surface area contributed by atoms with Crippen LogP contribution in [0.2, 0.25) is 0 Å². The van der Waals surface area contributed by atoms with Crippen molar-refractivity contribution in [2.45, 2.75) is 17.7 Å². The predicted molar refractivity (Wildman–Crippen MR) is 67.7 cm³/mol. The molecule has 3 N–H and O–H groups in total. The van der Waals surface area contributed by atoms with Crippen molar-refractivity contribution in [1.29, 1.82) is 0 Å². The SMILES string of the molecule is NC(=O)CCCNS(=O)(=O)c1ccc(F)cc1Br. The molecule has 8 heteroatoms. The van der Waals surface area contributed by atoms with E-state index in [2.05, 4.69) is 20.7 Å². The predicted octanol–water partition coefficient (Wildman–Crippen LogP) is 1.13. The Bertz CT molecular complexity index is 548. The van der Waals surface area contributed by atoms with E-state index in [4.69, 9.17) is 5.73 Å². The molecule has 0 unspecified atom stereocenters. The van der Waals surface area contributed by atoms with Gasteiger partial charge < -0.3 is 5.73 Å². The molecule has 1 aromatic carbocycles. The molecule has 0 aliphatic carbocycles. The summed E-state index contributed by atoms with van der Waals surface area (Å²) in [6.45, 7) is 0.0924. The summed E-state index contributed by atoms with van der Waals surface area (Å²) in [6.07, 6.45) is 0.417. The molecule has 0 spiro atoms. The minimum absolute atomic E-state index is 0.0528. The number of halogens is 2. The van der Waals surface area contributed by atoms with Crippen molar-refractivity contribution in [3.8, 4) is 0 Å². The summed E-state index contributed by atoms with van der Waals surface area (Å²) >= 11 is 2.98. The fourth-order valence-corrected chi connectivity index (χ4v) is 3.36. The van der Waals surface area contributed by atoms with Gasteiger partial charge in [-0.3, -0.25) is 4.79 Å². The van der Waals surface area contributed by atoms with Crippen LogP contribution in [0.5, 0.6) is 0 Å². The first kappa shape index (κ1) is 15.1. The van der Waals surface area contributed by atoms with Crippen LogP contribution >= 0.6 is 15.9 Å². The normalized spacial score (nSPS) is 11.4. The largest absolute Gasteiger partial charge is 0.370 e. The standard InChI is InChI=1S/C10H12BrFN2O3S/c11-8-6-7(12)3-4-9(8)18(16,17)14-5-1-2-10(13)15/h3-4,6,14H,1-2,5H2,(H2,13,15). The van der Waals surface area contributed by atoms with E-state index in [1.807, 2.05) is 0 Å². The first-order valence-corrected chi connectivity index (χ1v) is 7.33. The Labute approximate surface area is 113 Å². The minimum atomic E-state index is -3.72. The molecule has 5 nitrogen and oxygen atoms in total. The van der Waals surface area contributed by atoms with Crippen LogP contribution < -0.4 is 10.5 Å². The van der Waals surface area contributed by atoms with Crippen LogP contribution in [-0.4, -0.2) is 20.9 Å². The van der Waals surface area contributed by atoms with E-state index in [0.29, 0.717) is 6.42 Å². The van der Waals surface area contributed by atoms with E-state index >= 15 is 0 Å². The van der Waals surface area contributed by atoms with Gasteiger partial charge in [-0.1, -0.05) is 0 Å². The molecule has 1 amide bonds. The lowest BCUT2D eigenvalue weighted by Gasteiger charge is -2.08. The number of benzene rings is 1. The Hall–Kier alpha value is -0.990. The van der Waals surface area contributed by atoms with E-state index in [9.17, 15) is 17.6 Å². The number of hydrogen-bond acceptors (Lipinski definition) is 3. The van der Waals surface area contributed by atoms with Crippen molar-refractivity contribution in [1.82, 2.24) is 4.72 Å². The molecule has 100 valence electrons. The number of rotatable bonds is 6. The van der Waals surface area contributed by atoms with E-state index in [0.717, 1.165) is 18.2 Å². The molecule has 0 radical (unpaired) electrons. The first-order chi connectivity index (χ1) is 8.33. The smallest absolute Gasteiger partial charge is 0.241 e. The fraction of sp³-hybridized carbons (Fsp3) is 0.300. The number of sulfonamides is 1. The third-order valence-electron chi connectivity index (χ3n) is 2.08. The van der Waals surface area contributed by atoms with Gasteiger partial charge in [0.2, 0.25) is 15.9 Å². The number of nitrogens with two attached hydrogens (primary N) is 1. The topological polar surface area (TPSA) is 89.3 Å². The molecule has 0 aliphatic rings. The third kappa shape index (κ3) is 4.35. The maximum Gasteiger partial charge on any atom is 0.241 e. The second-order valence-electron chi connectivity index (χ2n) is 3.54. The van der Waals surface area contributed by atoms with Gasteiger partial charge in [0, 0.05) is 17.4 Å². The van der Waals surface area contributed by atoms with Gasteiger partial charge in [0.1, 0.15) is 5.82 Å². The Morgan fingerprint density at radius 2 is 2.11 bits per heavy atom. The molecule has 0 aromatic heterocycles. The lowest BCUT2D eigenvalue weighted by Crippen LogP contribution is -2.26. The number of carbonyl (C=O) groups excluding carboxylic acids is 1. The average molecular weight is 339 g/mol. The highest BCUT2D eigenvalue weighted by Gasteiger charge is 2.17. The van der Waals surface area contributed by atoms with E-state index in [1.165, 1.54) is 0 Å². The van der Waals surface area contributed by atoms with Crippen molar-refractivity contribution in [3.05, 3.63) is 28.5 Å². The Morgan fingerprint density at radius 3 is 2.67 bits per heavy atom. The molecule has 1 rings (SSSR count). The van der Waals surface area contributed by atoms with Crippen molar-refractivity contribution in [2.75, 3.05) is 6.54 Å². The molecule has 1 aromatic rings. The van der Waals surface area contributed by atoms with Gasteiger partial charge in [-0.05, 0) is 40.5 Å². The molecule has 0 saturated carbocycles. The average Bonchev–Trinajstić information content (AvgIpc) is 2.23. The van der Waals surface area contributed by atoms with E-state index in [-0.39, 0.29) is 22.3 Å². The number of carbonyl (C=O) groups is 1. The summed E-state index contributed by atoms with van der Waals surface area (Å²) < 4.78 is 38.9. The summed E-state index contributed by atoms with van der Waals surface area (Å²) in [7, 11) is -3.72. The summed E-state index contributed by atoms with van der Waals surface area (Å²) in [5.41, 5.74) is 4.93. The van der Waals surface area contributed by atoms with Gasteiger partial charge in [0.05, 0.1) is 4.90 Å². The van der Waals surface area contributed by atoms with Gasteiger partial charge in [0.25, 0.3) is 0 Å². The van der Waals surface area contributed by atoms with E-state index < -0.39 is 21.7 Å². The quantitative estimate of drug-likeness (QED) is 0.762. The van der Waals surface area contributed by atoms with Crippen molar-refractivity contribution < 1.29 is 17.6 Å². The van der Waals surface area contributed by atoms with Gasteiger partial charge in [-0.2, -0.15) is 0 Å². The highest BCUT2D eigenvalue weighted by atomic mass is 79.9. The van der Waals surface area contributed by atoms with Crippen LogP contribution in [-0.2, 0) is 14.8 Å². The van der Waals surface area contributed by atoms with Crippen LogP contribution in [0.1, 0.15) is 12.8 Å². The summed E-state index contributed by atoms with van der Waals surface area (Å²) in [4.78, 5) is 10.4. The highest BCUT2D eigenvalue weighted by molar-refractivity contribution is 9.10. The summed E-state index contributed by atoms with van der Waals surface area (Å²) in [6, 6.07) is 3.29. The number of amides is 1. The van der Waals surface area contributed by atoms with Crippen LogP contribution in [0.15, 0.2) is 27.6 Å². The van der Waals surface area contributed by atoms with Gasteiger partial charge in [-0.15, -0.1) is 0 Å². The molecular formula is C10H12BrFN2O3S. The van der Waals surface area contributed by atoms with Gasteiger partial charge in [-0.25, -0.2) is 17.5 Å². The zero-order chi connectivity index (χ0) is 13.8. The Morgan fingerprint density at radius 1 is 1.44 bits per heavy atom. The second kappa shape index (κ2) is 6.26. The summed E-state index contributed by atoms with van der Waals surface area (Å²) in [5.74, 6) is -1.02. The number of nitrogens with one attached hydrogen (secondary N) is 1. The van der Waals surface area contributed by atoms with Crippen LogP contribution in [0.25, 0.3) is 0 Å². The van der Waals surface area contributed by atoms with Crippen molar-refractivity contribution in [2.24, 2.45) is 5.73 Å². The molecule has 0 fully saturated rings. The third-order valence-corrected chi connectivity index (χ3v) is 4.51. The minimum Gasteiger partial charge on any atom is -0.370 e. The molecule has 0 heterocycles. The van der Waals surface area contributed by atoms with Crippen molar-refractivity contribution in [3.63, 3.8) is 0 Å². The maximum absolute atomic E-state index is 12.8. The van der Waals surface area contributed by atoms with Crippen LogP contribution in [0, 0.1) is 5.82 Å². The molecule has 0 bridgehead atoms. The van der Waals surface area contributed by atoms with Crippen molar-refractivity contribution >= 4 is 31.9 Å². The molecule has 0 saturated heterocycles. The van der Waals surface area contributed by atoms with Crippen LogP contribution in [0.4, 0.5) is 4.39 Å². The Kier molecular flexibility index (Phi) is 5.24. The zero-order valence-electron chi connectivity index (χ0n) is 9.32.